The topological polar surface area (TPSA) is 37.3 Å². The molecule has 0 aliphatic carbocycles. The van der Waals surface area contributed by atoms with Crippen LogP contribution in [-0.2, 0) is 7.05 Å². The summed E-state index contributed by atoms with van der Waals surface area (Å²) in [6.07, 6.45) is 0. The average molecular weight is 354 g/mol. The van der Waals surface area contributed by atoms with Gasteiger partial charge in [-0.1, -0.05) is 29.8 Å². The molecule has 0 saturated carbocycles. The van der Waals surface area contributed by atoms with Gasteiger partial charge >= 0.3 is 0 Å². The number of piperazine rings is 1. The molecule has 1 fully saturated rings. The number of nitrogens with zero attached hydrogens (tertiary/aromatic N) is 2. The third-order valence-electron chi connectivity index (χ3n) is 4.36. The van der Waals surface area contributed by atoms with E-state index in [4.69, 9.17) is 11.6 Å². The van der Waals surface area contributed by atoms with E-state index in [1.165, 1.54) is 0 Å². The average Bonchev–Trinajstić information content (AvgIpc) is 2.87. The maximum atomic E-state index is 13.0. The van der Waals surface area contributed by atoms with Gasteiger partial charge in [0.25, 0.3) is 5.91 Å². The van der Waals surface area contributed by atoms with Crippen LogP contribution in [0.25, 0.3) is 0 Å². The molecule has 1 aliphatic rings. The normalized spacial score (nSPS) is 17.7. The Kier molecular flexibility index (Phi) is 5.74. The van der Waals surface area contributed by atoms with Crippen LogP contribution in [0.5, 0.6) is 0 Å². The molecule has 4 nitrogen and oxygen atoms in total. The molecule has 1 N–H and O–H groups in total. The molecule has 1 saturated heterocycles. The van der Waals surface area contributed by atoms with Crippen LogP contribution in [0.3, 0.4) is 0 Å². The minimum atomic E-state index is -0.0369. The van der Waals surface area contributed by atoms with Crippen LogP contribution in [0.15, 0.2) is 36.4 Å². The molecule has 1 aliphatic heterocycles. The van der Waals surface area contributed by atoms with Gasteiger partial charge in [0.2, 0.25) is 0 Å². The standard InChI is InChI=1S/C17H20ClN3O.ClH/c1-12-7-8-15(20(12)2)17(22)21-10-9-19-11-16(21)13-5-3-4-6-14(13)18;/h3-8,16,19H,9-11H2,1-2H3;1H. The number of halogens is 2. The molecule has 2 aromatic rings. The Morgan fingerprint density at radius 3 is 2.65 bits per heavy atom. The number of aromatic nitrogens is 1. The summed E-state index contributed by atoms with van der Waals surface area (Å²) in [7, 11) is 1.93. The number of aryl methyl sites for hydroxylation is 1. The first-order valence-corrected chi connectivity index (χ1v) is 7.86. The molecule has 23 heavy (non-hydrogen) atoms. The van der Waals surface area contributed by atoms with Gasteiger partial charge < -0.3 is 14.8 Å². The van der Waals surface area contributed by atoms with E-state index in [-0.39, 0.29) is 24.4 Å². The van der Waals surface area contributed by atoms with Gasteiger partial charge in [-0.15, -0.1) is 12.4 Å². The molecular formula is C17H21Cl2N3O. The van der Waals surface area contributed by atoms with Gasteiger partial charge in [-0.05, 0) is 30.7 Å². The molecule has 1 aromatic heterocycles. The molecule has 0 spiro atoms. The third kappa shape index (κ3) is 3.39. The van der Waals surface area contributed by atoms with Crippen LogP contribution in [0.2, 0.25) is 5.02 Å². The first kappa shape index (κ1) is 17.9. The van der Waals surface area contributed by atoms with Gasteiger partial charge in [-0.3, -0.25) is 4.79 Å². The van der Waals surface area contributed by atoms with Gasteiger partial charge in [0.05, 0.1) is 6.04 Å². The lowest BCUT2D eigenvalue weighted by atomic mass is 10.0. The van der Waals surface area contributed by atoms with Crippen LogP contribution in [0.4, 0.5) is 0 Å². The Balaban J connectivity index is 0.00000192. The van der Waals surface area contributed by atoms with Crippen molar-refractivity contribution >= 4 is 29.9 Å². The van der Waals surface area contributed by atoms with Crippen LogP contribution >= 0.6 is 24.0 Å². The molecule has 0 bridgehead atoms. The first-order chi connectivity index (χ1) is 10.6. The summed E-state index contributed by atoms with van der Waals surface area (Å²) in [5.41, 5.74) is 2.79. The maximum Gasteiger partial charge on any atom is 0.271 e. The second-order valence-electron chi connectivity index (χ2n) is 5.66. The minimum Gasteiger partial charge on any atom is -0.344 e. The van der Waals surface area contributed by atoms with E-state index in [0.29, 0.717) is 11.6 Å². The molecule has 3 rings (SSSR count). The Labute approximate surface area is 147 Å². The van der Waals surface area contributed by atoms with E-state index in [1.807, 2.05) is 59.8 Å². The molecule has 6 heteroatoms. The third-order valence-corrected chi connectivity index (χ3v) is 4.70. The summed E-state index contributed by atoms with van der Waals surface area (Å²) in [5, 5.41) is 4.06. The summed E-state index contributed by atoms with van der Waals surface area (Å²) >= 11 is 6.34. The van der Waals surface area contributed by atoms with Crippen molar-refractivity contribution in [2.75, 3.05) is 19.6 Å². The first-order valence-electron chi connectivity index (χ1n) is 7.48. The van der Waals surface area contributed by atoms with Crippen molar-refractivity contribution in [1.29, 1.82) is 0 Å². The van der Waals surface area contributed by atoms with Crippen molar-refractivity contribution in [2.45, 2.75) is 13.0 Å². The summed E-state index contributed by atoms with van der Waals surface area (Å²) in [5.74, 6) is 0.0574. The highest BCUT2D eigenvalue weighted by molar-refractivity contribution is 6.31. The Morgan fingerprint density at radius 2 is 2.00 bits per heavy atom. The maximum absolute atomic E-state index is 13.0. The fourth-order valence-electron chi connectivity index (χ4n) is 2.95. The highest BCUT2D eigenvalue weighted by Crippen LogP contribution is 2.29. The van der Waals surface area contributed by atoms with E-state index < -0.39 is 0 Å². The van der Waals surface area contributed by atoms with Gasteiger partial charge in [0.1, 0.15) is 5.69 Å². The summed E-state index contributed by atoms with van der Waals surface area (Å²) < 4.78 is 1.94. The zero-order valence-electron chi connectivity index (χ0n) is 13.3. The monoisotopic (exact) mass is 353 g/mol. The predicted molar refractivity (Wildman–Crippen MR) is 95.5 cm³/mol. The van der Waals surface area contributed by atoms with Crippen LogP contribution in [0.1, 0.15) is 27.8 Å². The van der Waals surface area contributed by atoms with Crippen molar-refractivity contribution in [1.82, 2.24) is 14.8 Å². The second kappa shape index (κ2) is 7.39. The minimum absolute atomic E-state index is 0. The molecule has 1 atom stereocenters. The molecular weight excluding hydrogens is 333 g/mol. The van der Waals surface area contributed by atoms with Crippen LogP contribution in [0, 0.1) is 6.92 Å². The number of amides is 1. The Hall–Kier alpha value is -1.49. The van der Waals surface area contributed by atoms with Gasteiger partial charge in [-0.25, -0.2) is 0 Å². The van der Waals surface area contributed by atoms with Crippen molar-refractivity contribution < 1.29 is 4.79 Å². The van der Waals surface area contributed by atoms with Crippen molar-refractivity contribution in [3.8, 4) is 0 Å². The van der Waals surface area contributed by atoms with Crippen molar-refractivity contribution in [3.63, 3.8) is 0 Å². The van der Waals surface area contributed by atoms with E-state index >= 15 is 0 Å². The van der Waals surface area contributed by atoms with Gasteiger partial charge in [-0.2, -0.15) is 0 Å². The quantitative estimate of drug-likeness (QED) is 0.899. The van der Waals surface area contributed by atoms with Gasteiger partial charge in [0.15, 0.2) is 0 Å². The van der Waals surface area contributed by atoms with E-state index in [9.17, 15) is 4.79 Å². The largest absolute Gasteiger partial charge is 0.344 e. The molecule has 1 unspecified atom stereocenters. The highest BCUT2D eigenvalue weighted by Gasteiger charge is 2.30. The van der Waals surface area contributed by atoms with Crippen molar-refractivity contribution in [3.05, 3.63) is 58.4 Å². The van der Waals surface area contributed by atoms with Crippen LogP contribution in [-0.4, -0.2) is 35.0 Å². The highest BCUT2D eigenvalue weighted by atomic mass is 35.5. The second-order valence-corrected chi connectivity index (χ2v) is 6.07. The summed E-state index contributed by atoms with van der Waals surface area (Å²) in [6.45, 7) is 4.20. The Bertz CT molecular complexity index is 699. The van der Waals surface area contributed by atoms with Crippen LogP contribution < -0.4 is 5.32 Å². The number of nitrogens with one attached hydrogen (secondary N) is 1. The van der Waals surface area contributed by atoms with E-state index in [0.717, 1.165) is 30.0 Å². The lowest BCUT2D eigenvalue weighted by Crippen LogP contribution is -2.49. The fraction of sp³-hybridized carbons (Fsp3) is 0.353. The number of carbonyl (C=O) groups is 1. The Morgan fingerprint density at radius 1 is 1.26 bits per heavy atom. The van der Waals surface area contributed by atoms with E-state index in [2.05, 4.69) is 5.32 Å². The smallest absolute Gasteiger partial charge is 0.271 e. The predicted octanol–water partition coefficient (Wildman–Crippen LogP) is 3.20. The number of hydrogen-bond donors (Lipinski definition) is 1. The number of rotatable bonds is 2. The summed E-state index contributed by atoms with van der Waals surface area (Å²) in [6, 6.07) is 11.6. The van der Waals surface area contributed by atoms with Crippen molar-refractivity contribution in [2.24, 2.45) is 7.05 Å². The fourth-order valence-corrected chi connectivity index (χ4v) is 3.21. The van der Waals surface area contributed by atoms with Gasteiger partial charge in [0, 0.05) is 37.4 Å². The molecule has 1 aromatic carbocycles. The number of benzene rings is 1. The summed E-state index contributed by atoms with van der Waals surface area (Å²) in [4.78, 5) is 14.9. The lowest BCUT2D eigenvalue weighted by Gasteiger charge is -2.37. The molecule has 2 heterocycles. The zero-order valence-corrected chi connectivity index (χ0v) is 14.8. The number of hydrogen-bond acceptors (Lipinski definition) is 2. The molecule has 124 valence electrons. The molecule has 0 radical (unpaired) electrons. The zero-order chi connectivity index (χ0) is 15.7. The molecule has 1 amide bonds. The van der Waals surface area contributed by atoms with E-state index in [1.54, 1.807) is 0 Å². The number of carbonyl (C=O) groups excluding carboxylic acids is 1. The SMILES string of the molecule is Cc1ccc(C(=O)N2CCNCC2c2ccccc2Cl)n1C.Cl. The lowest BCUT2D eigenvalue weighted by molar-refractivity contribution is 0.0624.